The van der Waals surface area contributed by atoms with Crippen LogP contribution in [-0.4, -0.2) is 96.2 Å². The van der Waals surface area contributed by atoms with Crippen LogP contribution in [0.15, 0.2) is 72.8 Å². The topological polar surface area (TPSA) is 268 Å². The lowest BCUT2D eigenvalue weighted by atomic mass is 10.1. The summed E-state index contributed by atoms with van der Waals surface area (Å²) in [7, 11) is 0. The highest BCUT2D eigenvalue weighted by Crippen LogP contribution is 2.30. The Morgan fingerprint density at radius 3 is 1.35 bits per heavy atom. The summed E-state index contributed by atoms with van der Waals surface area (Å²) in [6, 6.07) is 12.5. The van der Waals surface area contributed by atoms with Gasteiger partial charge in [-0.2, -0.15) is 26.3 Å². The largest absolute Gasteiger partial charge is 0.480 e. The zero-order valence-corrected chi connectivity index (χ0v) is 36.8. The molecular weight excluding hydrogens is 919 g/mol. The molecule has 0 spiro atoms. The van der Waals surface area contributed by atoms with E-state index in [4.69, 9.17) is 9.47 Å². The van der Waals surface area contributed by atoms with Crippen molar-refractivity contribution in [2.75, 3.05) is 26.2 Å². The first-order valence-electron chi connectivity index (χ1n) is 20.7. The maximum Gasteiger partial charge on any atom is 0.416 e. The number of aryl methyl sites for hydroxylation is 1. The molecule has 6 amide bonds. The molecule has 3 aromatic carbocycles. The minimum atomic E-state index is -4.48. The molecule has 2 atom stereocenters. The summed E-state index contributed by atoms with van der Waals surface area (Å²) in [5.74, 6) is -4.05. The molecule has 18 nitrogen and oxygen atoms in total. The zero-order valence-electron chi connectivity index (χ0n) is 36.8. The highest BCUT2D eigenvalue weighted by Gasteiger charge is 2.31. The van der Waals surface area contributed by atoms with E-state index in [0.29, 0.717) is 42.4 Å². The Kier molecular flexibility index (Phi) is 23.9. The number of alkyl carbamates (subject to hydrolysis) is 2. The third-order valence-electron chi connectivity index (χ3n) is 9.15. The van der Waals surface area contributed by atoms with Crippen molar-refractivity contribution < 1.29 is 84.4 Å². The highest BCUT2D eigenvalue weighted by atomic mass is 19.4. The highest BCUT2D eigenvalue weighted by molar-refractivity contribution is 5.96. The van der Waals surface area contributed by atoms with Crippen LogP contribution >= 0.6 is 0 Å². The zero-order chi connectivity index (χ0) is 50.9. The molecule has 68 heavy (non-hydrogen) atoms. The number of aliphatic carboxylic acids is 2. The van der Waals surface area contributed by atoms with Gasteiger partial charge in [0.1, 0.15) is 25.3 Å². The lowest BCUT2D eigenvalue weighted by Crippen LogP contribution is -2.41. The number of hydrogen-bond donors (Lipinski definition) is 8. The van der Waals surface area contributed by atoms with Gasteiger partial charge < -0.3 is 51.6 Å². The quantitative estimate of drug-likeness (QED) is 0.0449. The van der Waals surface area contributed by atoms with Gasteiger partial charge in [-0.05, 0) is 93.0 Å². The number of ether oxygens (including phenoxy) is 2. The Hall–Kier alpha value is -7.40. The van der Waals surface area contributed by atoms with Gasteiger partial charge in [-0.1, -0.05) is 42.0 Å². The van der Waals surface area contributed by atoms with Crippen molar-refractivity contribution in [3.63, 3.8) is 0 Å². The Morgan fingerprint density at radius 1 is 0.574 bits per heavy atom. The van der Waals surface area contributed by atoms with E-state index < -0.39 is 65.6 Å². The Labute approximate surface area is 385 Å². The van der Waals surface area contributed by atoms with E-state index in [1.54, 1.807) is 18.2 Å². The van der Waals surface area contributed by atoms with Crippen molar-refractivity contribution in [3.8, 4) is 0 Å². The van der Waals surface area contributed by atoms with E-state index in [-0.39, 0.29) is 70.0 Å². The van der Waals surface area contributed by atoms with Gasteiger partial charge in [-0.3, -0.25) is 19.2 Å². The number of alkyl halides is 6. The van der Waals surface area contributed by atoms with Gasteiger partial charge in [-0.15, -0.1) is 0 Å². The number of nitrogens with one attached hydrogen (secondary N) is 6. The van der Waals surface area contributed by atoms with Crippen LogP contribution in [0, 0.1) is 6.92 Å². The summed E-state index contributed by atoms with van der Waals surface area (Å²) >= 11 is 0. The molecule has 0 bridgehead atoms. The molecule has 24 heteroatoms. The van der Waals surface area contributed by atoms with E-state index in [1.165, 1.54) is 6.92 Å². The fraction of sp³-hybridized carbons (Fsp3) is 0.409. The summed E-state index contributed by atoms with van der Waals surface area (Å²) in [5, 5.41) is 32.9. The number of carboxylic acids is 2. The van der Waals surface area contributed by atoms with Crippen LogP contribution in [0.4, 0.5) is 35.9 Å². The number of amides is 6. The van der Waals surface area contributed by atoms with Crippen molar-refractivity contribution in [2.24, 2.45) is 0 Å². The fourth-order valence-corrected chi connectivity index (χ4v) is 5.54. The first-order valence-corrected chi connectivity index (χ1v) is 20.7. The minimum absolute atomic E-state index is 0.0602. The second-order valence-corrected chi connectivity index (χ2v) is 14.8. The maximum atomic E-state index is 12.6. The second kappa shape index (κ2) is 28.6. The molecule has 0 unspecified atom stereocenters. The van der Waals surface area contributed by atoms with Gasteiger partial charge in [0.25, 0.3) is 5.91 Å². The first kappa shape index (κ1) is 56.7. The Morgan fingerprint density at radius 2 is 0.985 bits per heavy atom. The van der Waals surface area contributed by atoms with E-state index in [2.05, 4.69) is 31.9 Å². The van der Waals surface area contributed by atoms with E-state index in [1.807, 2.05) is 13.0 Å². The van der Waals surface area contributed by atoms with Crippen LogP contribution in [0.5, 0.6) is 0 Å². The molecule has 0 radical (unpaired) electrons. The summed E-state index contributed by atoms with van der Waals surface area (Å²) in [6.07, 6.45) is -9.27. The molecule has 0 aliphatic heterocycles. The first-order chi connectivity index (χ1) is 31.9. The molecule has 0 aromatic heterocycles. The number of benzene rings is 3. The average molecular weight is 971 g/mol. The van der Waals surface area contributed by atoms with E-state index >= 15 is 0 Å². The van der Waals surface area contributed by atoms with Crippen LogP contribution in [0.3, 0.4) is 0 Å². The lowest BCUT2D eigenvalue weighted by molar-refractivity contribution is -0.140. The molecule has 3 rings (SSSR count). The molecule has 0 saturated heterocycles. The monoisotopic (exact) mass is 970 g/mol. The molecule has 3 aromatic rings. The number of halogens is 6. The smallest absolute Gasteiger partial charge is 0.416 e. The van der Waals surface area contributed by atoms with Crippen molar-refractivity contribution in [1.29, 1.82) is 0 Å². The normalized spacial score (nSPS) is 11.8. The molecule has 0 heterocycles. The summed E-state index contributed by atoms with van der Waals surface area (Å²) in [6.45, 7) is 2.61. The molecule has 0 saturated carbocycles. The van der Waals surface area contributed by atoms with Gasteiger partial charge >= 0.3 is 36.5 Å². The Bertz CT molecular complexity index is 2160. The molecule has 372 valence electrons. The van der Waals surface area contributed by atoms with Gasteiger partial charge in [0.15, 0.2) is 0 Å². The number of hydrogen-bond acceptors (Lipinski definition) is 10. The third kappa shape index (κ3) is 23.7. The van der Waals surface area contributed by atoms with E-state index in [9.17, 15) is 74.9 Å². The van der Waals surface area contributed by atoms with Gasteiger partial charge in [0, 0.05) is 25.6 Å². The van der Waals surface area contributed by atoms with Gasteiger partial charge in [0.2, 0.25) is 17.7 Å². The number of carbonyl (C=O) groups is 8. The predicted molar refractivity (Wildman–Crippen MR) is 228 cm³/mol. The molecule has 0 aliphatic rings. The molecule has 8 N–H and O–H groups in total. The Balaban J connectivity index is 0.000000475. The van der Waals surface area contributed by atoms with Crippen molar-refractivity contribution in [3.05, 3.63) is 106 Å². The minimum Gasteiger partial charge on any atom is -0.480 e. The van der Waals surface area contributed by atoms with Crippen molar-refractivity contribution in [2.45, 2.75) is 90.0 Å². The summed E-state index contributed by atoms with van der Waals surface area (Å²) in [5.41, 5.74) is 0.301. The second-order valence-electron chi connectivity index (χ2n) is 14.8. The molecule has 0 aliphatic carbocycles. The number of carboxylic acid groups (broad SMARTS) is 2. The van der Waals surface area contributed by atoms with Gasteiger partial charge in [0.05, 0.1) is 24.2 Å². The lowest BCUT2D eigenvalue weighted by Gasteiger charge is -2.15. The maximum absolute atomic E-state index is 12.6. The van der Waals surface area contributed by atoms with Gasteiger partial charge in [-0.25, -0.2) is 19.2 Å². The van der Waals surface area contributed by atoms with Crippen molar-refractivity contribution >= 4 is 47.8 Å². The van der Waals surface area contributed by atoms with Crippen LogP contribution in [-0.2, 0) is 59.0 Å². The standard InChI is InChI=1S/C25H28F3N3O6.C19H24F3N3O6/c1-16-5-4-6-18(13-16)22(33)30-14-21(32)29-12-3-2-7-20(23(34)35)31-24(36)37-15-17-8-10-19(11-9-17)25(26,27)28;1-12(26)24-10-16(27)23-9-3-2-4-15(17(28)29)25-18(30)31-11-13-5-7-14(8-6-13)19(20,21)22/h4-6,8-11,13,20H,2-3,7,12,14-15H2,1H3,(H,29,32)(H,30,33)(H,31,36)(H,34,35);5-8,15H,2-4,9-11H2,1H3,(H,23,27)(H,24,26)(H,25,30)(H,28,29)/t20-;15-/m00/s1. The van der Waals surface area contributed by atoms with E-state index in [0.717, 1.165) is 54.1 Å². The summed E-state index contributed by atoms with van der Waals surface area (Å²) in [4.78, 5) is 92.5. The molecule has 0 fully saturated rings. The summed E-state index contributed by atoms with van der Waals surface area (Å²) < 4.78 is 85.1. The SMILES string of the molecule is CC(=O)NCC(=O)NCCCC[C@H](NC(=O)OCc1ccc(C(F)(F)F)cc1)C(=O)O.Cc1cccc(C(=O)NCC(=O)NCCCC[C@H](NC(=O)OCc2ccc(C(F)(F)F)cc2)C(=O)O)c1. The molecular formula is C44H52F6N6O12. The number of rotatable bonds is 23. The fourth-order valence-electron chi connectivity index (χ4n) is 5.54. The number of carbonyl (C=O) groups excluding carboxylic acids is 6. The van der Waals surface area contributed by atoms with Crippen LogP contribution in [0.25, 0.3) is 0 Å². The average Bonchev–Trinajstić information content (AvgIpc) is 3.27. The van der Waals surface area contributed by atoms with Crippen LogP contribution < -0.4 is 31.9 Å². The predicted octanol–water partition coefficient (Wildman–Crippen LogP) is 5.22. The third-order valence-corrected chi connectivity index (χ3v) is 9.15. The van der Waals surface area contributed by atoms with Crippen LogP contribution in [0.2, 0.25) is 0 Å². The number of unbranched alkanes of at least 4 members (excludes halogenated alkanes) is 2. The van der Waals surface area contributed by atoms with Crippen molar-refractivity contribution in [1.82, 2.24) is 31.9 Å². The van der Waals surface area contributed by atoms with Crippen LogP contribution in [0.1, 0.15) is 83.6 Å².